The van der Waals surface area contributed by atoms with Crippen molar-refractivity contribution in [3.63, 3.8) is 0 Å². The zero-order valence-electron chi connectivity index (χ0n) is 6.25. The number of rotatable bonds is 3. The molecule has 1 unspecified atom stereocenters. The molecule has 1 rings (SSSR count). The normalized spacial score (nSPS) is 12.5. The minimum Gasteiger partial charge on any atom is -0.480 e. The number of aliphatic carboxylic acids is 1. The van der Waals surface area contributed by atoms with Crippen molar-refractivity contribution < 1.29 is 9.90 Å². The van der Waals surface area contributed by atoms with Crippen LogP contribution in [-0.4, -0.2) is 11.1 Å². The zero-order chi connectivity index (χ0) is 10.0. The zero-order valence-corrected chi connectivity index (χ0v) is 8.58. The standard InChI is InChI=1S/C6H6Cl2N2O2S/c7-3-1-2(4(8)6(11)12)5(10-9)13-3/h1,4,10H,9H2,(H,11,12). The van der Waals surface area contributed by atoms with Crippen molar-refractivity contribution in [1.29, 1.82) is 0 Å². The molecule has 4 N–H and O–H groups in total. The third kappa shape index (κ3) is 2.25. The predicted molar refractivity (Wildman–Crippen MR) is 53.4 cm³/mol. The number of hydrogen-bond acceptors (Lipinski definition) is 4. The van der Waals surface area contributed by atoms with Crippen LogP contribution in [0.5, 0.6) is 0 Å². The first kappa shape index (κ1) is 10.6. The predicted octanol–water partition coefficient (Wildman–Crippen LogP) is 2.05. The Morgan fingerprint density at radius 3 is 2.85 bits per heavy atom. The van der Waals surface area contributed by atoms with Gasteiger partial charge in [0.2, 0.25) is 0 Å². The number of alkyl halides is 1. The van der Waals surface area contributed by atoms with Crippen LogP contribution in [0, 0.1) is 0 Å². The van der Waals surface area contributed by atoms with Crippen molar-refractivity contribution in [3.05, 3.63) is 16.0 Å². The first-order valence-corrected chi connectivity index (χ1v) is 4.82. The third-order valence-corrected chi connectivity index (χ3v) is 2.98. The topological polar surface area (TPSA) is 75.3 Å². The van der Waals surface area contributed by atoms with Crippen LogP contribution in [0.2, 0.25) is 4.34 Å². The van der Waals surface area contributed by atoms with E-state index in [0.717, 1.165) is 11.3 Å². The van der Waals surface area contributed by atoms with E-state index in [2.05, 4.69) is 5.43 Å². The molecule has 13 heavy (non-hydrogen) atoms. The van der Waals surface area contributed by atoms with Crippen LogP contribution in [-0.2, 0) is 4.79 Å². The summed E-state index contributed by atoms with van der Waals surface area (Å²) in [5, 5.41) is 7.96. The Hall–Kier alpha value is -0.490. The van der Waals surface area contributed by atoms with Gasteiger partial charge >= 0.3 is 5.97 Å². The summed E-state index contributed by atoms with van der Waals surface area (Å²) in [6, 6.07) is 1.48. The highest BCUT2D eigenvalue weighted by atomic mass is 35.5. The fourth-order valence-corrected chi connectivity index (χ4v) is 2.13. The lowest BCUT2D eigenvalue weighted by atomic mass is 10.2. The largest absolute Gasteiger partial charge is 0.480 e. The minimum atomic E-state index is -1.13. The van der Waals surface area contributed by atoms with E-state index >= 15 is 0 Å². The summed E-state index contributed by atoms with van der Waals surface area (Å²) in [7, 11) is 0. The number of carboxylic acids is 1. The highest BCUT2D eigenvalue weighted by molar-refractivity contribution is 7.20. The number of halogens is 2. The van der Waals surface area contributed by atoms with Crippen molar-refractivity contribution in [2.75, 3.05) is 5.43 Å². The second kappa shape index (κ2) is 4.15. The molecule has 0 bridgehead atoms. The summed E-state index contributed by atoms with van der Waals surface area (Å²) in [6.07, 6.45) is 0. The first-order valence-electron chi connectivity index (χ1n) is 3.19. The molecule has 0 fully saturated rings. The van der Waals surface area contributed by atoms with Gasteiger partial charge in [-0.25, -0.2) is 5.84 Å². The Labute approximate surface area is 88.2 Å². The van der Waals surface area contributed by atoms with Crippen LogP contribution in [0.1, 0.15) is 10.9 Å². The lowest BCUT2D eigenvalue weighted by molar-refractivity contribution is -0.136. The van der Waals surface area contributed by atoms with Crippen molar-refractivity contribution in [1.82, 2.24) is 0 Å². The molecule has 1 atom stereocenters. The summed E-state index contributed by atoms with van der Waals surface area (Å²) in [6.45, 7) is 0. The summed E-state index contributed by atoms with van der Waals surface area (Å²) in [4.78, 5) is 10.5. The Balaban J connectivity index is 3.05. The van der Waals surface area contributed by atoms with Gasteiger partial charge in [-0.1, -0.05) is 11.6 Å². The highest BCUT2D eigenvalue weighted by Gasteiger charge is 2.21. The molecule has 0 amide bonds. The van der Waals surface area contributed by atoms with E-state index in [4.69, 9.17) is 34.2 Å². The van der Waals surface area contributed by atoms with E-state index in [1.165, 1.54) is 6.07 Å². The molecule has 1 aromatic rings. The number of nitrogens with two attached hydrogens (primary N) is 1. The fourth-order valence-electron chi connectivity index (χ4n) is 0.808. The second-order valence-electron chi connectivity index (χ2n) is 2.18. The van der Waals surface area contributed by atoms with Crippen molar-refractivity contribution in [3.8, 4) is 0 Å². The summed E-state index contributed by atoms with van der Waals surface area (Å²) >= 11 is 12.4. The van der Waals surface area contributed by atoms with Crippen molar-refractivity contribution in [2.45, 2.75) is 5.38 Å². The van der Waals surface area contributed by atoms with Crippen LogP contribution in [0.4, 0.5) is 5.00 Å². The average Bonchev–Trinajstić information content (AvgIpc) is 2.45. The van der Waals surface area contributed by atoms with E-state index in [1.807, 2.05) is 0 Å². The Bertz CT molecular complexity index is 328. The quantitative estimate of drug-likeness (QED) is 0.430. The van der Waals surface area contributed by atoms with Gasteiger partial charge in [-0.2, -0.15) is 0 Å². The van der Waals surface area contributed by atoms with Gasteiger partial charge in [0.1, 0.15) is 5.00 Å². The third-order valence-electron chi connectivity index (χ3n) is 1.35. The minimum absolute atomic E-state index is 0.381. The van der Waals surface area contributed by atoms with Crippen LogP contribution < -0.4 is 11.3 Å². The molecule has 0 aliphatic rings. The van der Waals surface area contributed by atoms with E-state index in [-0.39, 0.29) is 0 Å². The van der Waals surface area contributed by atoms with Gasteiger partial charge in [-0.05, 0) is 6.07 Å². The molecule has 4 nitrogen and oxygen atoms in total. The number of carboxylic acid groups (broad SMARTS) is 1. The van der Waals surface area contributed by atoms with E-state index < -0.39 is 11.3 Å². The van der Waals surface area contributed by atoms with Gasteiger partial charge in [-0.3, -0.25) is 4.79 Å². The number of hydrazine groups is 1. The van der Waals surface area contributed by atoms with Gasteiger partial charge in [0.25, 0.3) is 0 Å². The highest BCUT2D eigenvalue weighted by Crippen LogP contribution is 2.37. The molecule has 7 heteroatoms. The fraction of sp³-hybridized carbons (Fsp3) is 0.167. The number of thiophene rings is 1. The van der Waals surface area contributed by atoms with Gasteiger partial charge in [0.15, 0.2) is 5.38 Å². The molecule has 0 aromatic carbocycles. The molecule has 0 radical (unpaired) electrons. The number of nitrogen functional groups attached to an aromatic ring is 1. The van der Waals surface area contributed by atoms with Crippen molar-refractivity contribution in [2.24, 2.45) is 5.84 Å². The van der Waals surface area contributed by atoms with Gasteiger partial charge < -0.3 is 10.5 Å². The number of hydrogen-bond donors (Lipinski definition) is 3. The first-order chi connectivity index (χ1) is 6.06. The number of carbonyl (C=O) groups is 1. The van der Waals surface area contributed by atoms with Crippen LogP contribution in [0.3, 0.4) is 0 Å². The lowest BCUT2D eigenvalue weighted by Gasteiger charge is -2.04. The molecular weight excluding hydrogens is 235 g/mol. The maximum atomic E-state index is 10.5. The number of anilines is 1. The summed E-state index contributed by atoms with van der Waals surface area (Å²) in [5.74, 6) is 4.02. The Morgan fingerprint density at radius 1 is 1.77 bits per heavy atom. The van der Waals surface area contributed by atoms with Gasteiger partial charge in [0, 0.05) is 5.56 Å². The van der Waals surface area contributed by atoms with Crippen LogP contribution >= 0.6 is 34.5 Å². The molecule has 0 aliphatic heterocycles. The Morgan fingerprint density at radius 2 is 2.38 bits per heavy atom. The molecular formula is C6H6Cl2N2O2S. The van der Waals surface area contributed by atoms with E-state index in [1.54, 1.807) is 0 Å². The monoisotopic (exact) mass is 240 g/mol. The molecule has 0 spiro atoms. The summed E-state index contributed by atoms with van der Waals surface area (Å²) in [5.41, 5.74) is 2.72. The molecule has 1 aromatic heterocycles. The average molecular weight is 241 g/mol. The maximum absolute atomic E-state index is 10.5. The molecule has 0 saturated carbocycles. The van der Waals surface area contributed by atoms with Crippen LogP contribution in [0.25, 0.3) is 0 Å². The molecule has 72 valence electrons. The molecule has 0 aliphatic carbocycles. The SMILES string of the molecule is NNc1sc(Cl)cc1C(Cl)C(=O)O. The van der Waals surface area contributed by atoms with Gasteiger partial charge in [0.05, 0.1) is 4.34 Å². The second-order valence-corrected chi connectivity index (χ2v) is 4.30. The molecule has 1 heterocycles. The van der Waals surface area contributed by atoms with Gasteiger partial charge in [-0.15, -0.1) is 22.9 Å². The van der Waals surface area contributed by atoms with E-state index in [9.17, 15) is 4.79 Å². The molecule has 0 saturated heterocycles. The summed E-state index contributed by atoms with van der Waals surface area (Å²) < 4.78 is 0.440. The Kier molecular flexibility index (Phi) is 3.38. The smallest absolute Gasteiger partial charge is 0.326 e. The van der Waals surface area contributed by atoms with E-state index in [0.29, 0.717) is 14.9 Å². The van der Waals surface area contributed by atoms with Crippen molar-refractivity contribution >= 4 is 45.5 Å². The van der Waals surface area contributed by atoms with Crippen LogP contribution in [0.15, 0.2) is 6.07 Å². The number of nitrogens with one attached hydrogen (secondary N) is 1. The lowest BCUT2D eigenvalue weighted by Crippen LogP contribution is -2.10. The maximum Gasteiger partial charge on any atom is 0.326 e.